The van der Waals surface area contributed by atoms with Gasteiger partial charge in [-0.15, -0.1) is 0 Å². The second kappa shape index (κ2) is 3.70. The van der Waals surface area contributed by atoms with Gasteiger partial charge in [0.15, 0.2) is 0 Å². The van der Waals surface area contributed by atoms with Gasteiger partial charge in [-0.1, -0.05) is 13.8 Å². The third kappa shape index (κ3) is 3.91. The molecule has 0 amide bonds. The van der Waals surface area contributed by atoms with E-state index < -0.39 is 0 Å². The van der Waals surface area contributed by atoms with E-state index in [0.717, 1.165) is 6.42 Å². The highest BCUT2D eigenvalue weighted by molar-refractivity contribution is 6.12. The number of aliphatic imine (C=N–C) groups is 1. The molecule has 0 saturated heterocycles. The first kappa shape index (κ1) is 7.73. The lowest BCUT2D eigenvalue weighted by atomic mass is 10.00. The minimum absolute atomic E-state index is 0.468. The monoisotopic (exact) mass is 111 g/mol. The van der Waals surface area contributed by atoms with Crippen LogP contribution in [0, 0.1) is 0 Å². The van der Waals surface area contributed by atoms with Crippen molar-refractivity contribution in [2.45, 2.75) is 33.1 Å². The lowest BCUT2D eigenvalue weighted by molar-refractivity contribution is 1.01. The van der Waals surface area contributed by atoms with Crippen LogP contribution in [-0.4, -0.2) is 19.5 Å². The van der Waals surface area contributed by atoms with E-state index >= 15 is 0 Å². The van der Waals surface area contributed by atoms with Gasteiger partial charge in [0.05, 0.1) is 0 Å². The van der Waals surface area contributed by atoms with Gasteiger partial charge in [-0.3, -0.25) is 0 Å². The minimum Gasteiger partial charge on any atom is -0.300 e. The van der Waals surface area contributed by atoms with Gasteiger partial charge in [0.2, 0.25) is 0 Å². The topological polar surface area (TPSA) is 12.4 Å². The summed E-state index contributed by atoms with van der Waals surface area (Å²) in [6, 6.07) is 0. The number of rotatable bonds is 2. The summed E-state index contributed by atoms with van der Waals surface area (Å²) in [6.07, 6.45) is 1.08. The van der Waals surface area contributed by atoms with E-state index in [1.807, 2.05) is 0 Å². The zero-order chi connectivity index (χ0) is 6.57. The van der Waals surface area contributed by atoms with Crippen LogP contribution in [-0.2, 0) is 0 Å². The predicted octanol–water partition coefficient (Wildman–Crippen LogP) is 0.836. The first-order valence-corrected chi connectivity index (χ1v) is 3.20. The summed E-state index contributed by atoms with van der Waals surface area (Å²) in [7, 11) is 2.10. The molecule has 0 bridgehead atoms. The molecule has 0 radical (unpaired) electrons. The first-order chi connectivity index (χ1) is 3.66. The van der Waals surface area contributed by atoms with Gasteiger partial charge in [-0.2, -0.15) is 0 Å². The lowest BCUT2D eigenvalue weighted by Crippen LogP contribution is -2.00. The standard InChI is InChI=1S/C6H14BN/c1-4-5(2)8-6(3)7/h6H,4,7H2,1-3H3/b8-5-. The maximum absolute atomic E-state index is 4.31. The molecule has 0 N–H and O–H groups in total. The molecule has 0 rings (SSSR count). The molecule has 46 valence electrons. The Morgan fingerprint density at radius 2 is 2.25 bits per heavy atom. The molecule has 1 atom stereocenters. The summed E-state index contributed by atoms with van der Waals surface area (Å²) in [4.78, 5) is 4.31. The molecule has 0 aliphatic carbocycles. The number of hydrogen-bond acceptors (Lipinski definition) is 1. The summed E-state index contributed by atoms with van der Waals surface area (Å²) in [6.45, 7) is 6.29. The normalized spacial score (nSPS) is 16.1. The predicted molar refractivity (Wildman–Crippen MR) is 41.4 cm³/mol. The Balaban J connectivity index is 3.56. The smallest absolute Gasteiger partial charge is 0.133 e. The Kier molecular flexibility index (Phi) is 3.58. The summed E-state index contributed by atoms with van der Waals surface area (Å²) >= 11 is 0. The molecule has 0 aromatic carbocycles. The van der Waals surface area contributed by atoms with Crippen LogP contribution in [0.25, 0.3) is 0 Å². The molecule has 0 heterocycles. The van der Waals surface area contributed by atoms with E-state index in [9.17, 15) is 0 Å². The van der Waals surface area contributed by atoms with Crippen molar-refractivity contribution < 1.29 is 0 Å². The molecule has 0 aliphatic heterocycles. The van der Waals surface area contributed by atoms with Gasteiger partial charge in [-0.05, 0) is 13.3 Å². The molecule has 0 aliphatic rings. The fourth-order valence-electron chi connectivity index (χ4n) is 0.532. The zero-order valence-electron chi connectivity index (χ0n) is 6.23. The Morgan fingerprint density at radius 3 is 2.38 bits per heavy atom. The van der Waals surface area contributed by atoms with Gasteiger partial charge in [0.1, 0.15) is 7.85 Å². The maximum atomic E-state index is 4.31. The second-order valence-corrected chi connectivity index (χ2v) is 2.31. The molecule has 0 aromatic heterocycles. The van der Waals surface area contributed by atoms with Crippen LogP contribution in [0.5, 0.6) is 0 Å². The molecule has 0 fully saturated rings. The van der Waals surface area contributed by atoms with Crippen molar-refractivity contribution in [1.29, 1.82) is 0 Å². The summed E-state index contributed by atoms with van der Waals surface area (Å²) in [5.74, 6) is 0.468. The average molecular weight is 111 g/mol. The van der Waals surface area contributed by atoms with Crippen LogP contribution in [0.1, 0.15) is 27.2 Å². The van der Waals surface area contributed by atoms with E-state index in [0.29, 0.717) is 5.94 Å². The van der Waals surface area contributed by atoms with Crippen molar-refractivity contribution in [3.63, 3.8) is 0 Å². The Labute approximate surface area is 52.6 Å². The Bertz CT molecular complexity index is 86.5. The summed E-state index contributed by atoms with van der Waals surface area (Å²) in [5.41, 5.74) is 1.25. The molecule has 0 saturated carbocycles. The molecule has 1 nitrogen and oxygen atoms in total. The molecule has 0 aromatic rings. The van der Waals surface area contributed by atoms with E-state index in [-0.39, 0.29) is 0 Å². The zero-order valence-corrected chi connectivity index (χ0v) is 6.23. The molecular formula is C6H14BN. The van der Waals surface area contributed by atoms with Crippen molar-refractivity contribution in [3.05, 3.63) is 0 Å². The largest absolute Gasteiger partial charge is 0.300 e. The highest BCUT2D eigenvalue weighted by Crippen LogP contribution is 1.87. The van der Waals surface area contributed by atoms with Gasteiger partial charge < -0.3 is 4.99 Å². The fourth-order valence-corrected chi connectivity index (χ4v) is 0.532. The van der Waals surface area contributed by atoms with E-state index in [2.05, 4.69) is 33.6 Å². The van der Waals surface area contributed by atoms with Gasteiger partial charge in [-0.25, -0.2) is 0 Å². The second-order valence-electron chi connectivity index (χ2n) is 2.31. The van der Waals surface area contributed by atoms with E-state index in [4.69, 9.17) is 0 Å². The minimum atomic E-state index is 0.468. The summed E-state index contributed by atoms with van der Waals surface area (Å²) < 4.78 is 0. The third-order valence-corrected chi connectivity index (χ3v) is 0.990. The molecular weight excluding hydrogens is 96.9 g/mol. The SMILES string of the molecule is BC(C)/N=C(/C)CC. The Hall–Kier alpha value is -0.265. The van der Waals surface area contributed by atoms with Crippen LogP contribution >= 0.6 is 0 Å². The van der Waals surface area contributed by atoms with Gasteiger partial charge >= 0.3 is 0 Å². The van der Waals surface area contributed by atoms with Gasteiger partial charge in [0, 0.05) is 11.7 Å². The third-order valence-electron chi connectivity index (χ3n) is 0.990. The number of hydrogen-bond donors (Lipinski definition) is 0. The van der Waals surface area contributed by atoms with Crippen LogP contribution in [0.15, 0.2) is 4.99 Å². The van der Waals surface area contributed by atoms with E-state index in [1.165, 1.54) is 5.71 Å². The van der Waals surface area contributed by atoms with Crippen LogP contribution in [0.3, 0.4) is 0 Å². The van der Waals surface area contributed by atoms with Crippen molar-refractivity contribution in [2.75, 3.05) is 0 Å². The van der Waals surface area contributed by atoms with Gasteiger partial charge in [0.25, 0.3) is 0 Å². The molecule has 0 spiro atoms. The average Bonchev–Trinajstić information content (AvgIpc) is 1.65. The fraction of sp³-hybridized carbons (Fsp3) is 0.833. The highest BCUT2D eigenvalue weighted by atomic mass is 14.7. The van der Waals surface area contributed by atoms with Crippen LogP contribution < -0.4 is 0 Å². The summed E-state index contributed by atoms with van der Waals surface area (Å²) in [5, 5.41) is 0. The van der Waals surface area contributed by atoms with Crippen LogP contribution in [0.2, 0.25) is 0 Å². The van der Waals surface area contributed by atoms with Crippen molar-refractivity contribution >= 4 is 13.6 Å². The van der Waals surface area contributed by atoms with E-state index in [1.54, 1.807) is 0 Å². The first-order valence-electron chi connectivity index (χ1n) is 3.20. The number of nitrogens with zero attached hydrogens (tertiary/aromatic N) is 1. The molecule has 1 unspecified atom stereocenters. The lowest BCUT2D eigenvalue weighted by Gasteiger charge is -1.97. The van der Waals surface area contributed by atoms with Crippen molar-refractivity contribution in [2.24, 2.45) is 4.99 Å². The molecule has 8 heavy (non-hydrogen) atoms. The maximum Gasteiger partial charge on any atom is 0.133 e. The van der Waals surface area contributed by atoms with Crippen molar-refractivity contribution in [3.8, 4) is 0 Å². The highest BCUT2D eigenvalue weighted by Gasteiger charge is 1.87. The van der Waals surface area contributed by atoms with Crippen molar-refractivity contribution in [1.82, 2.24) is 0 Å². The Morgan fingerprint density at radius 1 is 1.75 bits per heavy atom. The van der Waals surface area contributed by atoms with Crippen LogP contribution in [0.4, 0.5) is 0 Å². The molecule has 2 heteroatoms. The quantitative estimate of drug-likeness (QED) is 0.369.